The molecule has 1 aliphatic heterocycles. The average Bonchev–Trinajstić information content (AvgIpc) is 2.64. The summed E-state index contributed by atoms with van der Waals surface area (Å²) >= 11 is 0. The lowest BCUT2D eigenvalue weighted by atomic mass is 10.2. The molecule has 0 aliphatic carbocycles. The van der Waals surface area contributed by atoms with Crippen molar-refractivity contribution >= 4 is 6.09 Å². The third kappa shape index (κ3) is 4.66. The average molecular weight is 239 g/mol. The summed E-state index contributed by atoms with van der Waals surface area (Å²) in [5, 5.41) is 0. The summed E-state index contributed by atoms with van der Waals surface area (Å²) in [4.78, 5) is 13.6. The molecule has 1 fully saturated rings. The summed E-state index contributed by atoms with van der Waals surface area (Å²) in [6.07, 6.45) is 6.79. The molecular formula is C13H21NO3. The van der Waals surface area contributed by atoms with Gasteiger partial charge in [0, 0.05) is 6.54 Å². The van der Waals surface area contributed by atoms with Gasteiger partial charge in [0.05, 0.1) is 12.6 Å². The predicted octanol–water partition coefficient (Wildman–Crippen LogP) is 2.04. The molecular weight excluding hydrogens is 218 g/mol. The van der Waals surface area contributed by atoms with Gasteiger partial charge in [-0.2, -0.15) is 0 Å². The Bertz CT molecular complexity index is 301. The molecule has 0 aromatic carbocycles. The summed E-state index contributed by atoms with van der Waals surface area (Å²) in [5.74, 6) is 2.42. The van der Waals surface area contributed by atoms with Crippen molar-refractivity contribution in [2.45, 2.75) is 45.3 Å². The Hall–Kier alpha value is -1.21. The molecule has 4 nitrogen and oxygen atoms in total. The highest BCUT2D eigenvalue weighted by Crippen LogP contribution is 2.20. The largest absolute Gasteiger partial charge is 0.444 e. The zero-order chi connectivity index (χ0) is 12.9. The Morgan fingerprint density at radius 3 is 2.82 bits per heavy atom. The number of likely N-dealkylation sites (tertiary alicyclic amines) is 1. The second-order valence-electron chi connectivity index (χ2n) is 5.19. The summed E-state index contributed by atoms with van der Waals surface area (Å²) < 4.78 is 10.6. The number of amides is 1. The van der Waals surface area contributed by atoms with E-state index in [1.807, 2.05) is 20.8 Å². The number of nitrogens with zero attached hydrogens (tertiary/aromatic N) is 1. The van der Waals surface area contributed by atoms with Crippen molar-refractivity contribution in [3.63, 3.8) is 0 Å². The molecule has 0 bridgehead atoms. The van der Waals surface area contributed by atoms with Gasteiger partial charge in [-0.1, -0.05) is 5.92 Å². The third-order valence-electron chi connectivity index (χ3n) is 2.50. The van der Waals surface area contributed by atoms with Gasteiger partial charge in [0.2, 0.25) is 0 Å². The lowest BCUT2D eigenvalue weighted by Crippen LogP contribution is -2.41. The van der Waals surface area contributed by atoms with E-state index in [1.54, 1.807) is 4.90 Å². The molecule has 4 heteroatoms. The van der Waals surface area contributed by atoms with Crippen molar-refractivity contribution in [1.82, 2.24) is 4.90 Å². The number of hydrogen-bond acceptors (Lipinski definition) is 3. The van der Waals surface area contributed by atoms with Crippen molar-refractivity contribution in [3.8, 4) is 12.3 Å². The van der Waals surface area contributed by atoms with Gasteiger partial charge < -0.3 is 14.4 Å². The second-order valence-corrected chi connectivity index (χ2v) is 5.19. The molecule has 1 atom stereocenters. The molecule has 1 rings (SSSR count). The maximum absolute atomic E-state index is 11.9. The first-order chi connectivity index (χ1) is 7.94. The molecule has 96 valence electrons. The van der Waals surface area contributed by atoms with Gasteiger partial charge in [-0.3, -0.25) is 0 Å². The highest BCUT2D eigenvalue weighted by molar-refractivity contribution is 5.68. The Balaban J connectivity index is 2.46. The van der Waals surface area contributed by atoms with Crippen LogP contribution in [0.2, 0.25) is 0 Å². The Labute approximate surface area is 103 Å². The van der Waals surface area contributed by atoms with Crippen LogP contribution in [0.4, 0.5) is 4.79 Å². The van der Waals surface area contributed by atoms with Crippen LogP contribution in [-0.4, -0.2) is 42.4 Å². The molecule has 0 unspecified atom stereocenters. The number of rotatable bonds is 3. The standard InChI is InChI=1S/C13H21NO3/c1-5-9-16-10-11-7-6-8-14(11)12(15)17-13(2,3)4/h1,11H,6-10H2,2-4H3/t11-/m1/s1. The van der Waals surface area contributed by atoms with Gasteiger partial charge >= 0.3 is 6.09 Å². The first-order valence-corrected chi connectivity index (χ1v) is 5.95. The molecule has 0 spiro atoms. The van der Waals surface area contributed by atoms with Crippen LogP contribution < -0.4 is 0 Å². The van der Waals surface area contributed by atoms with Crippen LogP contribution in [0, 0.1) is 12.3 Å². The van der Waals surface area contributed by atoms with E-state index in [2.05, 4.69) is 5.92 Å². The maximum Gasteiger partial charge on any atom is 0.410 e. The molecule has 0 aromatic rings. The molecule has 0 aromatic heterocycles. The molecule has 1 heterocycles. The normalized spacial score (nSPS) is 20.1. The molecule has 0 radical (unpaired) electrons. The van der Waals surface area contributed by atoms with Gasteiger partial charge in [-0.15, -0.1) is 6.42 Å². The Morgan fingerprint density at radius 2 is 2.24 bits per heavy atom. The topological polar surface area (TPSA) is 38.8 Å². The minimum Gasteiger partial charge on any atom is -0.444 e. The number of carbonyl (C=O) groups is 1. The molecule has 1 saturated heterocycles. The van der Waals surface area contributed by atoms with Gasteiger partial charge in [0.15, 0.2) is 0 Å². The van der Waals surface area contributed by atoms with Crippen molar-refractivity contribution < 1.29 is 14.3 Å². The lowest BCUT2D eigenvalue weighted by molar-refractivity contribution is 0.0131. The van der Waals surface area contributed by atoms with Crippen molar-refractivity contribution in [1.29, 1.82) is 0 Å². The fourth-order valence-electron chi connectivity index (χ4n) is 1.82. The van der Waals surface area contributed by atoms with E-state index in [9.17, 15) is 4.79 Å². The Morgan fingerprint density at radius 1 is 1.53 bits per heavy atom. The van der Waals surface area contributed by atoms with Crippen molar-refractivity contribution in [2.75, 3.05) is 19.8 Å². The van der Waals surface area contributed by atoms with Gasteiger partial charge in [-0.25, -0.2) is 4.79 Å². The summed E-state index contributed by atoms with van der Waals surface area (Å²) in [6, 6.07) is 0.0956. The number of hydrogen-bond donors (Lipinski definition) is 0. The summed E-state index contributed by atoms with van der Waals surface area (Å²) in [7, 11) is 0. The number of terminal acetylenes is 1. The van der Waals surface area contributed by atoms with E-state index < -0.39 is 5.60 Å². The molecule has 17 heavy (non-hydrogen) atoms. The SMILES string of the molecule is C#CCOC[C@H]1CCCN1C(=O)OC(C)(C)C. The van der Waals surface area contributed by atoms with Gasteiger partial charge in [-0.05, 0) is 33.6 Å². The van der Waals surface area contributed by atoms with E-state index in [0.29, 0.717) is 13.2 Å². The Kier molecular flexibility index (Phi) is 4.83. The summed E-state index contributed by atoms with van der Waals surface area (Å²) in [5.41, 5.74) is -0.454. The van der Waals surface area contributed by atoms with Gasteiger partial charge in [0.25, 0.3) is 0 Å². The van der Waals surface area contributed by atoms with Crippen molar-refractivity contribution in [3.05, 3.63) is 0 Å². The van der Waals surface area contributed by atoms with E-state index in [4.69, 9.17) is 15.9 Å². The fourth-order valence-corrected chi connectivity index (χ4v) is 1.82. The minimum atomic E-state index is -0.454. The van der Waals surface area contributed by atoms with E-state index in [1.165, 1.54) is 0 Å². The van der Waals surface area contributed by atoms with Crippen LogP contribution in [0.25, 0.3) is 0 Å². The fraction of sp³-hybridized carbons (Fsp3) is 0.769. The van der Waals surface area contributed by atoms with Crippen LogP contribution in [0.15, 0.2) is 0 Å². The zero-order valence-corrected chi connectivity index (χ0v) is 10.9. The molecule has 0 N–H and O–H groups in total. The van der Waals surface area contributed by atoms with Crippen LogP contribution in [-0.2, 0) is 9.47 Å². The molecule has 0 saturated carbocycles. The highest BCUT2D eigenvalue weighted by atomic mass is 16.6. The first kappa shape index (κ1) is 13.9. The van der Waals surface area contributed by atoms with Crippen LogP contribution in [0.5, 0.6) is 0 Å². The monoisotopic (exact) mass is 239 g/mol. The van der Waals surface area contributed by atoms with Crippen molar-refractivity contribution in [2.24, 2.45) is 0 Å². The highest BCUT2D eigenvalue weighted by Gasteiger charge is 2.32. The number of ether oxygens (including phenoxy) is 2. The predicted molar refractivity (Wildman–Crippen MR) is 65.6 cm³/mol. The zero-order valence-electron chi connectivity index (χ0n) is 10.9. The minimum absolute atomic E-state index is 0.0956. The van der Waals surface area contributed by atoms with E-state index in [-0.39, 0.29) is 12.1 Å². The lowest BCUT2D eigenvalue weighted by Gasteiger charge is -2.28. The molecule has 1 amide bonds. The smallest absolute Gasteiger partial charge is 0.410 e. The van der Waals surface area contributed by atoms with Gasteiger partial charge in [0.1, 0.15) is 12.2 Å². The first-order valence-electron chi connectivity index (χ1n) is 5.95. The van der Waals surface area contributed by atoms with E-state index in [0.717, 1.165) is 19.4 Å². The molecule has 1 aliphatic rings. The second kappa shape index (κ2) is 5.92. The van der Waals surface area contributed by atoms with Crippen LogP contribution in [0.1, 0.15) is 33.6 Å². The van der Waals surface area contributed by atoms with Crippen LogP contribution in [0.3, 0.4) is 0 Å². The summed E-state index contributed by atoms with van der Waals surface area (Å²) in [6.45, 7) is 7.11. The maximum atomic E-state index is 11.9. The quantitative estimate of drug-likeness (QED) is 0.559. The van der Waals surface area contributed by atoms with Crippen LogP contribution >= 0.6 is 0 Å². The van der Waals surface area contributed by atoms with E-state index >= 15 is 0 Å². The third-order valence-corrected chi connectivity index (χ3v) is 2.50. The number of carbonyl (C=O) groups excluding carboxylic acids is 1.